The van der Waals surface area contributed by atoms with Gasteiger partial charge in [-0.25, -0.2) is 13.1 Å². The fraction of sp³-hybridized carbons (Fsp3) is 0.208. The predicted molar refractivity (Wildman–Crippen MR) is 132 cm³/mol. The van der Waals surface area contributed by atoms with E-state index in [2.05, 4.69) is 4.72 Å². The number of nitrogens with one attached hydrogen (secondary N) is 1. The van der Waals surface area contributed by atoms with Crippen LogP contribution in [0.2, 0.25) is 5.02 Å². The third-order valence-electron chi connectivity index (χ3n) is 5.40. The molecule has 0 spiro atoms. The van der Waals surface area contributed by atoms with Crippen LogP contribution in [0.3, 0.4) is 0 Å². The molecule has 3 aromatic carbocycles. The van der Waals surface area contributed by atoms with Crippen LogP contribution in [0, 0.1) is 0 Å². The Labute approximate surface area is 206 Å². The Morgan fingerprint density at radius 2 is 1.54 bits per heavy atom. The number of sulfonamides is 1. The molecular formula is C24H22ClNO8S. The smallest absolute Gasteiger partial charge is 0.248 e. The lowest BCUT2D eigenvalue weighted by molar-refractivity contribution is 0.355. The van der Waals surface area contributed by atoms with E-state index in [-0.39, 0.29) is 44.9 Å². The highest BCUT2D eigenvalue weighted by Gasteiger charge is 2.29. The highest BCUT2D eigenvalue weighted by molar-refractivity contribution is 7.89. The number of hydrogen-bond acceptors (Lipinski definition) is 8. The van der Waals surface area contributed by atoms with Crippen LogP contribution in [0.1, 0.15) is 5.56 Å². The molecule has 9 nitrogen and oxygen atoms in total. The van der Waals surface area contributed by atoms with Gasteiger partial charge in [-0.05, 0) is 23.8 Å². The topological polar surface area (TPSA) is 113 Å². The number of benzene rings is 3. The van der Waals surface area contributed by atoms with Crippen LogP contribution in [-0.2, 0) is 16.6 Å². The summed E-state index contributed by atoms with van der Waals surface area (Å²) < 4.78 is 56.8. The largest absolute Gasteiger partial charge is 0.496 e. The van der Waals surface area contributed by atoms with Gasteiger partial charge in [-0.1, -0.05) is 23.7 Å². The summed E-state index contributed by atoms with van der Waals surface area (Å²) in [5.74, 6) is 0.656. The molecule has 0 saturated carbocycles. The molecule has 35 heavy (non-hydrogen) atoms. The molecule has 0 bridgehead atoms. The van der Waals surface area contributed by atoms with Crippen LogP contribution >= 0.6 is 11.6 Å². The summed E-state index contributed by atoms with van der Waals surface area (Å²) >= 11 is 6.01. The first kappa shape index (κ1) is 24.6. The summed E-state index contributed by atoms with van der Waals surface area (Å²) in [5, 5.41) is 0.570. The van der Waals surface area contributed by atoms with Crippen LogP contribution in [-0.4, -0.2) is 36.9 Å². The van der Waals surface area contributed by atoms with Crippen molar-refractivity contribution in [1.29, 1.82) is 0 Å². The molecule has 0 atom stereocenters. The summed E-state index contributed by atoms with van der Waals surface area (Å²) in [5.41, 5.74) is 0.0147. The van der Waals surface area contributed by atoms with E-state index in [4.69, 9.17) is 35.0 Å². The molecule has 0 amide bonds. The summed E-state index contributed by atoms with van der Waals surface area (Å²) in [7, 11) is 1.30. The van der Waals surface area contributed by atoms with Crippen molar-refractivity contribution in [3.8, 4) is 23.0 Å². The van der Waals surface area contributed by atoms with Gasteiger partial charge < -0.3 is 23.4 Å². The molecule has 1 aromatic heterocycles. The zero-order valence-corrected chi connectivity index (χ0v) is 20.9. The molecule has 1 heterocycles. The fourth-order valence-electron chi connectivity index (χ4n) is 3.74. The number of ether oxygens (including phenoxy) is 4. The highest BCUT2D eigenvalue weighted by atomic mass is 35.5. The SMILES string of the molecule is COc1cc2oc3c(S(=O)(=O)NCc4cccc(Cl)c4)c(OC)cc(OC)c3c(=O)c2cc1OC. The second-order valence-electron chi connectivity index (χ2n) is 7.40. The molecule has 0 radical (unpaired) electrons. The molecule has 184 valence electrons. The number of halogens is 1. The Morgan fingerprint density at radius 3 is 2.17 bits per heavy atom. The van der Waals surface area contributed by atoms with Crippen molar-refractivity contribution in [1.82, 2.24) is 4.72 Å². The van der Waals surface area contributed by atoms with Crippen molar-refractivity contribution < 1.29 is 31.8 Å². The zero-order valence-electron chi connectivity index (χ0n) is 19.3. The van der Waals surface area contributed by atoms with E-state index >= 15 is 0 Å². The summed E-state index contributed by atoms with van der Waals surface area (Å²) in [6, 6.07) is 11.0. The van der Waals surface area contributed by atoms with Crippen molar-refractivity contribution in [2.75, 3.05) is 28.4 Å². The predicted octanol–water partition coefficient (Wildman–Crippen LogP) is 4.11. The normalized spacial score (nSPS) is 11.6. The van der Waals surface area contributed by atoms with Crippen LogP contribution in [0.5, 0.6) is 23.0 Å². The zero-order chi connectivity index (χ0) is 25.3. The van der Waals surface area contributed by atoms with E-state index in [0.717, 1.165) is 0 Å². The van der Waals surface area contributed by atoms with Crippen molar-refractivity contribution in [2.24, 2.45) is 0 Å². The van der Waals surface area contributed by atoms with E-state index in [9.17, 15) is 13.2 Å². The Balaban J connectivity index is 2.00. The van der Waals surface area contributed by atoms with Crippen molar-refractivity contribution in [2.45, 2.75) is 11.4 Å². The number of rotatable bonds is 8. The minimum Gasteiger partial charge on any atom is -0.496 e. The van der Waals surface area contributed by atoms with Gasteiger partial charge in [0.1, 0.15) is 22.5 Å². The second kappa shape index (κ2) is 9.65. The fourth-order valence-corrected chi connectivity index (χ4v) is 5.25. The maximum atomic E-state index is 13.5. The van der Waals surface area contributed by atoms with E-state index in [0.29, 0.717) is 22.1 Å². The van der Waals surface area contributed by atoms with Gasteiger partial charge in [0.25, 0.3) is 0 Å². The third-order valence-corrected chi connectivity index (χ3v) is 7.08. The van der Waals surface area contributed by atoms with Crippen LogP contribution in [0.4, 0.5) is 0 Å². The lowest BCUT2D eigenvalue weighted by atomic mass is 10.1. The Kier molecular flexibility index (Phi) is 6.79. The van der Waals surface area contributed by atoms with Crippen LogP contribution < -0.4 is 29.1 Å². The van der Waals surface area contributed by atoms with E-state index in [1.165, 1.54) is 46.6 Å². The van der Waals surface area contributed by atoms with Crippen molar-refractivity contribution in [3.63, 3.8) is 0 Å². The van der Waals surface area contributed by atoms with Crippen molar-refractivity contribution >= 4 is 43.6 Å². The van der Waals surface area contributed by atoms with Gasteiger partial charge in [0, 0.05) is 23.7 Å². The van der Waals surface area contributed by atoms with Gasteiger partial charge in [-0.15, -0.1) is 0 Å². The van der Waals surface area contributed by atoms with Crippen LogP contribution in [0.25, 0.3) is 21.9 Å². The third kappa shape index (κ3) is 4.47. The molecular weight excluding hydrogens is 498 g/mol. The van der Waals surface area contributed by atoms with E-state index < -0.39 is 15.5 Å². The summed E-state index contributed by atoms with van der Waals surface area (Å²) in [6.45, 7) is -0.0532. The van der Waals surface area contributed by atoms with Gasteiger partial charge in [-0.3, -0.25) is 4.79 Å². The Morgan fingerprint density at radius 1 is 0.886 bits per heavy atom. The first-order valence-electron chi connectivity index (χ1n) is 10.3. The van der Waals surface area contributed by atoms with E-state index in [1.54, 1.807) is 24.3 Å². The van der Waals surface area contributed by atoms with Gasteiger partial charge in [-0.2, -0.15) is 0 Å². The van der Waals surface area contributed by atoms with Gasteiger partial charge in [0.05, 0.1) is 33.8 Å². The second-order valence-corrected chi connectivity index (χ2v) is 9.54. The molecule has 0 saturated heterocycles. The maximum absolute atomic E-state index is 13.5. The van der Waals surface area contributed by atoms with Gasteiger partial charge in [0.15, 0.2) is 22.0 Å². The molecule has 0 unspecified atom stereocenters. The highest BCUT2D eigenvalue weighted by Crippen LogP contribution is 2.40. The molecule has 0 fully saturated rings. The number of hydrogen-bond donors (Lipinski definition) is 1. The molecule has 0 aliphatic carbocycles. The molecule has 11 heteroatoms. The lowest BCUT2D eigenvalue weighted by Gasteiger charge is -2.16. The number of methoxy groups -OCH3 is 4. The summed E-state index contributed by atoms with van der Waals surface area (Å²) in [6.07, 6.45) is 0. The average Bonchev–Trinajstić information content (AvgIpc) is 2.85. The van der Waals surface area contributed by atoms with Crippen LogP contribution in [0.15, 0.2) is 56.6 Å². The quantitative estimate of drug-likeness (QED) is 0.346. The number of fused-ring (bicyclic) bond motifs is 2. The molecule has 4 aromatic rings. The standard InChI is InChI=1S/C24H22ClNO8S/c1-30-17-9-15-16(10-18(17)31-2)34-23-21(22(15)27)19(32-3)11-20(33-4)24(23)35(28,29)26-12-13-6-5-7-14(25)8-13/h5-11,26H,12H2,1-4H3. The molecule has 1 N–H and O–H groups in total. The lowest BCUT2D eigenvalue weighted by Crippen LogP contribution is -2.24. The van der Waals surface area contributed by atoms with Crippen molar-refractivity contribution in [3.05, 3.63) is 63.3 Å². The maximum Gasteiger partial charge on any atom is 0.248 e. The van der Waals surface area contributed by atoms with Gasteiger partial charge in [0.2, 0.25) is 15.5 Å². The first-order valence-corrected chi connectivity index (χ1v) is 12.1. The molecule has 0 aliphatic heterocycles. The Bertz CT molecular complexity index is 1600. The van der Waals surface area contributed by atoms with E-state index in [1.807, 2.05) is 0 Å². The van der Waals surface area contributed by atoms with Gasteiger partial charge >= 0.3 is 0 Å². The average molecular weight is 520 g/mol. The first-order chi connectivity index (χ1) is 16.7. The molecule has 4 rings (SSSR count). The Hall–Kier alpha value is -3.47. The monoisotopic (exact) mass is 519 g/mol. The minimum atomic E-state index is -4.24. The molecule has 0 aliphatic rings. The minimum absolute atomic E-state index is 0.0532. The summed E-state index contributed by atoms with van der Waals surface area (Å²) in [4.78, 5) is 13.2.